The van der Waals surface area contributed by atoms with Crippen molar-refractivity contribution in [2.24, 2.45) is 5.10 Å². The molecule has 0 spiro atoms. The number of carbonyl (C=O) groups excluding carboxylic acids is 1. The minimum Gasteiger partial charge on any atom is -0.486 e. The van der Waals surface area contributed by atoms with Gasteiger partial charge >= 0.3 is 6.18 Å². The third kappa shape index (κ3) is 8.25. The van der Waals surface area contributed by atoms with Crippen LogP contribution in [0.15, 0.2) is 65.1 Å². The maximum absolute atomic E-state index is 12.9. The maximum atomic E-state index is 12.9. The third-order valence-electron chi connectivity index (χ3n) is 5.15. The van der Waals surface area contributed by atoms with Crippen molar-refractivity contribution >= 4 is 80.7 Å². The van der Waals surface area contributed by atoms with Crippen molar-refractivity contribution in [2.45, 2.75) is 19.2 Å². The summed E-state index contributed by atoms with van der Waals surface area (Å²) in [5.74, 6) is -0.197. The molecule has 0 saturated heterocycles. The molecule has 2 N–H and O–H groups in total. The van der Waals surface area contributed by atoms with Gasteiger partial charge in [0, 0.05) is 26.7 Å². The number of anilines is 2. The SMILES string of the molecule is O=C(Cc1csc(Nc2cccc(C(F)(F)F)c2)n1)N/N=C\c1cc(Cl)c(OCc2ccc(Cl)cc2Cl)c(Cl)c1. The molecule has 4 rings (SSSR count). The number of benzene rings is 3. The van der Waals surface area contributed by atoms with Gasteiger partial charge in [-0.25, -0.2) is 10.4 Å². The van der Waals surface area contributed by atoms with Crippen molar-refractivity contribution in [1.82, 2.24) is 10.4 Å². The van der Waals surface area contributed by atoms with E-state index in [2.05, 4.69) is 20.8 Å². The van der Waals surface area contributed by atoms with Crippen molar-refractivity contribution in [3.05, 3.63) is 102 Å². The highest BCUT2D eigenvalue weighted by Gasteiger charge is 2.30. The number of thiazole rings is 1. The van der Waals surface area contributed by atoms with Crippen LogP contribution in [0.3, 0.4) is 0 Å². The van der Waals surface area contributed by atoms with Crippen LogP contribution in [-0.2, 0) is 24.0 Å². The standard InChI is InChI=1S/C26H17Cl4F3N4O2S/c27-17-5-4-15(20(28)9-17)12-39-24-21(29)6-14(7-22(24)30)11-34-37-23(38)10-19-13-40-25(36-19)35-18-3-1-2-16(8-18)26(31,32)33/h1-9,11,13H,10,12H2,(H,35,36)(H,37,38)/b34-11-. The van der Waals surface area contributed by atoms with Gasteiger partial charge < -0.3 is 10.1 Å². The second kappa shape index (κ2) is 13.1. The summed E-state index contributed by atoms with van der Waals surface area (Å²) in [6, 6.07) is 12.9. The first-order valence-electron chi connectivity index (χ1n) is 11.2. The van der Waals surface area contributed by atoms with E-state index in [1.54, 1.807) is 35.7 Å². The quantitative estimate of drug-likeness (QED) is 0.141. The Morgan fingerprint density at radius 2 is 1.77 bits per heavy atom. The molecule has 0 saturated carbocycles. The second-order valence-electron chi connectivity index (χ2n) is 8.16. The molecule has 1 aromatic heterocycles. The number of halogens is 7. The minimum absolute atomic E-state index is 0.0976. The van der Waals surface area contributed by atoms with Crippen molar-refractivity contribution in [1.29, 1.82) is 0 Å². The van der Waals surface area contributed by atoms with Gasteiger partial charge in [-0.15, -0.1) is 11.3 Å². The largest absolute Gasteiger partial charge is 0.486 e. The van der Waals surface area contributed by atoms with Gasteiger partial charge in [-0.05, 0) is 48.0 Å². The van der Waals surface area contributed by atoms with Crippen LogP contribution in [0.4, 0.5) is 24.0 Å². The van der Waals surface area contributed by atoms with Crippen molar-refractivity contribution in [2.75, 3.05) is 5.32 Å². The zero-order valence-electron chi connectivity index (χ0n) is 20.0. The first-order valence-corrected chi connectivity index (χ1v) is 13.6. The summed E-state index contributed by atoms with van der Waals surface area (Å²) in [5, 5.41) is 10.1. The Morgan fingerprint density at radius 3 is 2.48 bits per heavy atom. The number of hydrogen-bond donors (Lipinski definition) is 2. The van der Waals surface area contributed by atoms with Crippen LogP contribution in [0.1, 0.15) is 22.4 Å². The van der Waals surface area contributed by atoms with E-state index in [4.69, 9.17) is 51.1 Å². The topological polar surface area (TPSA) is 75.6 Å². The number of nitrogens with one attached hydrogen (secondary N) is 2. The molecule has 0 aliphatic heterocycles. The highest BCUT2D eigenvalue weighted by Crippen LogP contribution is 2.35. The first kappa shape index (κ1) is 30.0. The average Bonchev–Trinajstić information content (AvgIpc) is 3.30. The summed E-state index contributed by atoms with van der Waals surface area (Å²) < 4.78 is 44.5. The molecule has 0 bridgehead atoms. The van der Waals surface area contributed by atoms with Crippen LogP contribution in [0.5, 0.6) is 5.75 Å². The Hall–Kier alpha value is -3.02. The first-order chi connectivity index (χ1) is 19.0. The van der Waals surface area contributed by atoms with Crippen LogP contribution in [-0.4, -0.2) is 17.1 Å². The average molecular weight is 648 g/mol. The van der Waals surface area contributed by atoms with Crippen molar-refractivity contribution in [3.8, 4) is 5.75 Å². The van der Waals surface area contributed by atoms with Gasteiger partial charge in [0.1, 0.15) is 6.61 Å². The number of hydrogen-bond acceptors (Lipinski definition) is 6. The van der Waals surface area contributed by atoms with E-state index in [1.165, 1.54) is 18.3 Å². The Balaban J connectivity index is 1.30. The molecule has 0 aliphatic carbocycles. The number of ether oxygens (including phenoxy) is 1. The number of aromatic nitrogens is 1. The Labute approximate surface area is 250 Å². The van der Waals surface area contributed by atoms with E-state index in [0.717, 1.165) is 23.5 Å². The van der Waals surface area contributed by atoms with Gasteiger partial charge in [0.2, 0.25) is 5.91 Å². The molecule has 14 heteroatoms. The number of rotatable bonds is 9. The zero-order chi connectivity index (χ0) is 28.9. The number of nitrogens with zero attached hydrogens (tertiary/aromatic N) is 2. The monoisotopic (exact) mass is 646 g/mol. The lowest BCUT2D eigenvalue weighted by Gasteiger charge is -2.12. The maximum Gasteiger partial charge on any atom is 0.416 e. The number of carbonyl (C=O) groups is 1. The van der Waals surface area contributed by atoms with Crippen molar-refractivity contribution in [3.63, 3.8) is 0 Å². The summed E-state index contributed by atoms with van der Waals surface area (Å²) in [6.07, 6.45) is -3.19. The predicted molar refractivity (Wildman–Crippen MR) is 154 cm³/mol. The van der Waals surface area contributed by atoms with Crippen LogP contribution < -0.4 is 15.5 Å². The van der Waals surface area contributed by atoms with Crippen LogP contribution in [0, 0.1) is 0 Å². The number of alkyl halides is 3. The third-order valence-corrected chi connectivity index (χ3v) is 7.10. The Kier molecular flexibility index (Phi) is 9.81. The molecule has 0 radical (unpaired) electrons. The zero-order valence-corrected chi connectivity index (χ0v) is 23.9. The van der Waals surface area contributed by atoms with E-state index in [1.807, 2.05) is 0 Å². The lowest BCUT2D eigenvalue weighted by atomic mass is 10.2. The summed E-state index contributed by atoms with van der Waals surface area (Å²) in [4.78, 5) is 16.5. The highest BCUT2D eigenvalue weighted by molar-refractivity contribution is 7.13. The molecule has 40 heavy (non-hydrogen) atoms. The van der Waals surface area contributed by atoms with Crippen LogP contribution in [0.25, 0.3) is 0 Å². The van der Waals surface area contributed by atoms with Gasteiger partial charge in [-0.1, -0.05) is 58.5 Å². The van der Waals surface area contributed by atoms with E-state index in [-0.39, 0.29) is 34.5 Å². The molecule has 3 aromatic carbocycles. The summed E-state index contributed by atoms with van der Waals surface area (Å²) in [7, 11) is 0. The van der Waals surface area contributed by atoms with Crippen molar-refractivity contribution < 1.29 is 22.7 Å². The number of hydrazone groups is 1. The molecule has 0 fully saturated rings. The highest BCUT2D eigenvalue weighted by atomic mass is 35.5. The molecule has 6 nitrogen and oxygen atoms in total. The minimum atomic E-state index is -4.45. The molecule has 0 aliphatic rings. The molecular weight excluding hydrogens is 631 g/mol. The van der Waals surface area contributed by atoms with Gasteiger partial charge in [-0.2, -0.15) is 18.3 Å². The molecule has 1 heterocycles. The fourth-order valence-corrected chi connectivity index (χ4v) is 5.11. The van der Waals surface area contributed by atoms with Crippen LogP contribution in [0.2, 0.25) is 20.1 Å². The van der Waals surface area contributed by atoms with Gasteiger partial charge in [-0.3, -0.25) is 4.79 Å². The van der Waals surface area contributed by atoms with E-state index >= 15 is 0 Å². The van der Waals surface area contributed by atoms with Gasteiger partial charge in [0.25, 0.3) is 0 Å². The van der Waals surface area contributed by atoms with Gasteiger partial charge in [0.05, 0.1) is 33.9 Å². The molecule has 0 atom stereocenters. The molecule has 208 valence electrons. The number of amides is 1. The summed E-state index contributed by atoms with van der Waals surface area (Å²) in [6.45, 7) is 0.118. The lowest BCUT2D eigenvalue weighted by Crippen LogP contribution is -2.19. The molecule has 0 unspecified atom stereocenters. The molecule has 4 aromatic rings. The Bertz CT molecular complexity index is 1540. The fraction of sp³-hybridized carbons (Fsp3) is 0.115. The predicted octanol–water partition coefficient (Wildman–Crippen LogP) is 8.79. The summed E-state index contributed by atoms with van der Waals surface area (Å²) >= 11 is 25.9. The lowest BCUT2D eigenvalue weighted by molar-refractivity contribution is -0.137. The molecule has 1 amide bonds. The van der Waals surface area contributed by atoms with E-state index in [0.29, 0.717) is 32.0 Å². The van der Waals surface area contributed by atoms with E-state index in [9.17, 15) is 18.0 Å². The van der Waals surface area contributed by atoms with E-state index < -0.39 is 17.6 Å². The normalized spacial score (nSPS) is 11.6. The smallest absolute Gasteiger partial charge is 0.416 e. The summed E-state index contributed by atoms with van der Waals surface area (Å²) in [5.41, 5.74) is 3.46. The molecular formula is C26H17Cl4F3N4O2S. The van der Waals surface area contributed by atoms with Gasteiger partial charge in [0.15, 0.2) is 10.9 Å². The Morgan fingerprint density at radius 1 is 1.02 bits per heavy atom. The second-order valence-corrected chi connectivity index (χ2v) is 10.7. The fourth-order valence-electron chi connectivity index (χ4n) is 3.31. The van der Waals surface area contributed by atoms with Crippen LogP contribution >= 0.6 is 57.7 Å².